The van der Waals surface area contributed by atoms with Crippen LogP contribution in [0, 0.1) is 0 Å². The van der Waals surface area contributed by atoms with Crippen molar-refractivity contribution in [3.63, 3.8) is 0 Å². The van der Waals surface area contributed by atoms with Crippen LogP contribution in [0.4, 0.5) is 0 Å². The molecule has 0 saturated carbocycles. The first-order chi connectivity index (χ1) is 8.79. The van der Waals surface area contributed by atoms with Crippen molar-refractivity contribution in [3.8, 4) is 0 Å². The summed E-state index contributed by atoms with van der Waals surface area (Å²) in [5.74, 6) is 0. The molecule has 2 aromatic carbocycles. The number of rotatable bonds is 5. The van der Waals surface area contributed by atoms with Crippen molar-refractivity contribution in [3.05, 3.63) is 71.3 Å². The summed E-state index contributed by atoms with van der Waals surface area (Å²) < 4.78 is 0. The molecule has 0 aliphatic rings. The van der Waals surface area contributed by atoms with Crippen molar-refractivity contribution in [2.75, 3.05) is 0 Å². The van der Waals surface area contributed by atoms with E-state index in [4.69, 9.17) is 11.6 Å². The monoisotopic (exact) mass is 258 g/mol. The van der Waals surface area contributed by atoms with Crippen LogP contribution in [-0.4, -0.2) is 11.7 Å². The molecule has 0 radical (unpaired) electrons. The lowest BCUT2D eigenvalue weighted by atomic mass is 9.97. The minimum Gasteiger partial charge on any atom is -0.302 e. The fourth-order valence-corrected chi connectivity index (χ4v) is 2.17. The predicted molar refractivity (Wildman–Crippen MR) is 75.1 cm³/mol. The summed E-state index contributed by atoms with van der Waals surface area (Å²) in [5.41, 5.74) is 3.65. The Balaban J connectivity index is 2.20. The lowest BCUT2D eigenvalue weighted by molar-refractivity contribution is -0.107. The molecular weight excluding hydrogens is 244 g/mol. The fourth-order valence-electron chi connectivity index (χ4n) is 2.00. The normalized spacial score (nSPS) is 12.1. The first-order valence-electron chi connectivity index (χ1n) is 5.99. The fraction of sp³-hybridized carbons (Fsp3) is 0.188. The number of hydrogen-bond donors (Lipinski definition) is 0. The van der Waals surface area contributed by atoms with E-state index in [1.807, 2.05) is 36.4 Å². The van der Waals surface area contributed by atoms with Crippen LogP contribution in [0.15, 0.2) is 54.6 Å². The SMILES string of the molecule is O=CC(Cl)Cc1ccccc1Cc1ccccc1. The van der Waals surface area contributed by atoms with Gasteiger partial charge < -0.3 is 4.79 Å². The van der Waals surface area contributed by atoms with Crippen LogP contribution in [-0.2, 0) is 17.6 Å². The third-order valence-corrected chi connectivity index (χ3v) is 3.18. The van der Waals surface area contributed by atoms with Crippen molar-refractivity contribution in [2.45, 2.75) is 18.2 Å². The third-order valence-electron chi connectivity index (χ3n) is 2.92. The van der Waals surface area contributed by atoms with Gasteiger partial charge in [0.05, 0.1) is 5.38 Å². The molecule has 92 valence electrons. The Morgan fingerprint density at radius 3 is 2.22 bits per heavy atom. The third kappa shape index (κ3) is 3.44. The van der Waals surface area contributed by atoms with Gasteiger partial charge in [0.15, 0.2) is 0 Å². The minimum absolute atomic E-state index is 0.443. The number of aldehydes is 1. The highest BCUT2D eigenvalue weighted by atomic mass is 35.5. The standard InChI is InChI=1S/C16H15ClO/c17-16(12-18)11-15-9-5-4-8-14(15)10-13-6-2-1-3-7-13/h1-9,12,16H,10-11H2. The highest BCUT2D eigenvalue weighted by molar-refractivity contribution is 6.27. The molecule has 0 bridgehead atoms. The maximum atomic E-state index is 10.6. The second-order valence-electron chi connectivity index (χ2n) is 4.29. The second-order valence-corrected chi connectivity index (χ2v) is 4.85. The van der Waals surface area contributed by atoms with Crippen molar-refractivity contribution in [1.82, 2.24) is 0 Å². The van der Waals surface area contributed by atoms with Gasteiger partial charge in [-0.15, -0.1) is 11.6 Å². The molecule has 2 aromatic rings. The Morgan fingerprint density at radius 2 is 1.56 bits per heavy atom. The van der Waals surface area contributed by atoms with E-state index in [0.717, 1.165) is 18.3 Å². The molecule has 0 spiro atoms. The Hall–Kier alpha value is -1.60. The van der Waals surface area contributed by atoms with Gasteiger partial charge in [-0.25, -0.2) is 0 Å². The molecule has 0 fully saturated rings. The van der Waals surface area contributed by atoms with Gasteiger partial charge in [-0.05, 0) is 29.5 Å². The van der Waals surface area contributed by atoms with E-state index < -0.39 is 5.38 Å². The summed E-state index contributed by atoms with van der Waals surface area (Å²) in [4.78, 5) is 10.6. The van der Waals surface area contributed by atoms with Crippen molar-refractivity contribution in [2.24, 2.45) is 0 Å². The maximum absolute atomic E-state index is 10.6. The highest BCUT2D eigenvalue weighted by Crippen LogP contribution is 2.17. The largest absolute Gasteiger partial charge is 0.302 e. The summed E-state index contributed by atoms with van der Waals surface area (Å²) >= 11 is 5.91. The Bertz CT molecular complexity index is 508. The molecule has 1 nitrogen and oxygen atoms in total. The Kier molecular flexibility index (Phi) is 4.54. The van der Waals surface area contributed by atoms with Gasteiger partial charge in [0.2, 0.25) is 0 Å². The summed E-state index contributed by atoms with van der Waals surface area (Å²) in [5, 5.41) is -0.443. The molecule has 2 rings (SSSR count). The van der Waals surface area contributed by atoms with Crippen LogP contribution in [0.3, 0.4) is 0 Å². The minimum atomic E-state index is -0.443. The van der Waals surface area contributed by atoms with Gasteiger partial charge in [0, 0.05) is 0 Å². The zero-order valence-corrected chi connectivity index (χ0v) is 10.8. The van der Waals surface area contributed by atoms with E-state index in [2.05, 4.69) is 18.2 Å². The maximum Gasteiger partial charge on any atom is 0.138 e. The Morgan fingerprint density at radius 1 is 0.944 bits per heavy atom. The first kappa shape index (κ1) is 12.8. The molecule has 1 atom stereocenters. The van der Waals surface area contributed by atoms with Crippen LogP contribution in [0.5, 0.6) is 0 Å². The topological polar surface area (TPSA) is 17.1 Å². The molecule has 0 aliphatic heterocycles. The van der Waals surface area contributed by atoms with Crippen molar-refractivity contribution >= 4 is 17.9 Å². The molecule has 0 N–H and O–H groups in total. The summed E-state index contributed by atoms with van der Waals surface area (Å²) in [6.07, 6.45) is 2.26. The van der Waals surface area contributed by atoms with Crippen LogP contribution >= 0.6 is 11.6 Å². The zero-order valence-electron chi connectivity index (χ0n) is 10.1. The molecular formula is C16H15ClO. The first-order valence-corrected chi connectivity index (χ1v) is 6.43. The molecule has 0 saturated heterocycles. The molecule has 0 aliphatic carbocycles. The highest BCUT2D eigenvalue weighted by Gasteiger charge is 2.08. The van der Waals surface area contributed by atoms with Gasteiger partial charge in [-0.3, -0.25) is 0 Å². The molecule has 1 unspecified atom stereocenters. The molecule has 18 heavy (non-hydrogen) atoms. The predicted octanol–water partition coefficient (Wildman–Crippen LogP) is 3.63. The van der Waals surface area contributed by atoms with Gasteiger partial charge in [0.1, 0.15) is 6.29 Å². The van der Waals surface area contributed by atoms with Crippen LogP contribution in [0.25, 0.3) is 0 Å². The lowest BCUT2D eigenvalue weighted by Gasteiger charge is -2.10. The summed E-state index contributed by atoms with van der Waals surface area (Å²) in [6.45, 7) is 0. The molecule has 0 amide bonds. The van der Waals surface area contributed by atoms with Gasteiger partial charge in [-0.2, -0.15) is 0 Å². The quantitative estimate of drug-likeness (QED) is 0.591. The number of carbonyl (C=O) groups excluding carboxylic acids is 1. The number of halogens is 1. The van der Waals surface area contributed by atoms with Gasteiger partial charge in [0.25, 0.3) is 0 Å². The molecule has 0 heterocycles. The number of benzene rings is 2. The van der Waals surface area contributed by atoms with E-state index in [9.17, 15) is 4.79 Å². The summed E-state index contributed by atoms with van der Waals surface area (Å²) in [6, 6.07) is 18.4. The van der Waals surface area contributed by atoms with Crippen LogP contribution in [0.1, 0.15) is 16.7 Å². The summed E-state index contributed by atoms with van der Waals surface area (Å²) in [7, 11) is 0. The van der Waals surface area contributed by atoms with E-state index in [1.54, 1.807) is 0 Å². The van der Waals surface area contributed by atoms with Crippen molar-refractivity contribution < 1.29 is 4.79 Å². The average Bonchev–Trinajstić information content (AvgIpc) is 2.42. The van der Waals surface area contributed by atoms with Gasteiger partial charge >= 0.3 is 0 Å². The van der Waals surface area contributed by atoms with E-state index in [1.165, 1.54) is 11.1 Å². The van der Waals surface area contributed by atoms with Gasteiger partial charge in [-0.1, -0.05) is 54.6 Å². The molecule has 0 aromatic heterocycles. The Labute approximate surface area is 112 Å². The van der Waals surface area contributed by atoms with Crippen molar-refractivity contribution in [1.29, 1.82) is 0 Å². The smallest absolute Gasteiger partial charge is 0.138 e. The van der Waals surface area contributed by atoms with Crippen LogP contribution in [0.2, 0.25) is 0 Å². The zero-order chi connectivity index (χ0) is 12.8. The average molecular weight is 259 g/mol. The number of alkyl halides is 1. The lowest BCUT2D eigenvalue weighted by Crippen LogP contribution is -2.07. The number of carbonyl (C=O) groups is 1. The van der Waals surface area contributed by atoms with E-state index in [0.29, 0.717) is 6.42 Å². The van der Waals surface area contributed by atoms with E-state index >= 15 is 0 Å². The van der Waals surface area contributed by atoms with E-state index in [-0.39, 0.29) is 0 Å². The second kappa shape index (κ2) is 6.36. The van der Waals surface area contributed by atoms with Crippen LogP contribution < -0.4 is 0 Å². The number of hydrogen-bond acceptors (Lipinski definition) is 1. The molecule has 2 heteroatoms.